The summed E-state index contributed by atoms with van der Waals surface area (Å²) in [6, 6.07) is 0. The Morgan fingerprint density at radius 3 is 2.60 bits per heavy atom. The molecule has 3 nitrogen and oxygen atoms in total. The molecule has 0 radical (unpaired) electrons. The van der Waals surface area contributed by atoms with Gasteiger partial charge in [0.2, 0.25) is 5.91 Å². The summed E-state index contributed by atoms with van der Waals surface area (Å²) in [5.41, 5.74) is 0. The molecule has 0 saturated carbocycles. The smallest absolute Gasteiger partial charge is 0.355 e. The highest BCUT2D eigenvalue weighted by Crippen LogP contribution is 2.18. The van der Waals surface area contributed by atoms with Crippen LogP contribution in [0.5, 0.6) is 0 Å². The standard InChI is InChI=1S/C8H13F3N2O.ClH/c9-8(10,11)2-4-13-7(14)6-1-3-12-5-6;/h6,12H,1-5H2,(H,13,14);1H. The lowest BCUT2D eigenvalue weighted by Gasteiger charge is -2.10. The van der Waals surface area contributed by atoms with Crippen LogP contribution in [-0.4, -0.2) is 31.7 Å². The van der Waals surface area contributed by atoms with E-state index in [4.69, 9.17) is 0 Å². The van der Waals surface area contributed by atoms with Crippen LogP contribution in [0, 0.1) is 5.92 Å². The van der Waals surface area contributed by atoms with Crippen molar-refractivity contribution >= 4 is 18.3 Å². The number of carbonyl (C=O) groups excluding carboxylic acids is 1. The lowest BCUT2D eigenvalue weighted by atomic mass is 10.1. The molecule has 15 heavy (non-hydrogen) atoms. The normalized spacial score (nSPS) is 20.9. The number of rotatable bonds is 3. The van der Waals surface area contributed by atoms with Crippen LogP contribution in [0.25, 0.3) is 0 Å². The molecule has 0 bridgehead atoms. The molecule has 0 aromatic heterocycles. The zero-order chi connectivity index (χ0) is 10.6. The molecule has 1 amide bonds. The number of hydrogen-bond donors (Lipinski definition) is 2. The largest absolute Gasteiger partial charge is 0.390 e. The van der Waals surface area contributed by atoms with Crippen molar-refractivity contribution in [3.05, 3.63) is 0 Å². The third-order valence-electron chi connectivity index (χ3n) is 2.14. The monoisotopic (exact) mass is 246 g/mol. The third-order valence-corrected chi connectivity index (χ3v) is 2.14. The Morgan fingerprint density at radius 1 is 1.47 bits per heavy atom. The fourth-order valence-electron chi connectivity index (χ4n) is 1.35. The van der Waals surface area contributed by atoms with Crippen LogP contribution in [0.15, 0.2) is 0 Å². The van der Waals surface area contributed by atoms with Gasteiger partial charge in [0.05, 0.1) is 12.3 Å². The summed E-state index contributed by atoms with van der Waals surface area (Å²) in [6.45, 7) is 1.01. The van der Waals surface area contributed by atoms with Gasteiger partial charge in [-0.25, -0.2) is 0 Å². The predicted molar refractivity (Wildman–Crippen MR) is 51.9 cm³/mol. The van der Waals surface area contributed by atoms with Gasteiger partial charge in [0.15, 0.2) is 0 Å². The Balaban J connectivity index is 0.00000196. The highest BCUT2D eigenvalue weighted by Gasteiger charge is 2.28. The van der Waals surface area contributed by atoms with Crippen molar-refractivity contribution in [3.8, 4) is 0 Å². The van der Waals surface area contributed by atoms with Crippen molar-refractivity contribution in [1.29, 1.82) is 0 Å². The average molecular weight is 247 g/mol. The molecule has 1 aliphatic rings. The summed E-state index contributed by atoms with van der Waals surface area (Å²) in [7, 11) is 0. The van der Waals surface area contributed by atoms with E-state index < -0.39 is 12.6 Å². The third kappa shape index (κ3) is 5.84. The summed E-state index contributed by atoms with van der Waals surface area (Å²) >= 11 is 0. The fraction of sp³-hybridized carbons (Fsp3) is 0.875. The second-order valence-electron chi connectivity index (χ2n) is 3.35. The summed E-state index contributed by atoms with van der Waals surface area (Å²) in [4.78, 5) is 11.2. The first-order chi connectivity index (χ1) is 6.49. The molecule has 1 fully saturated rings. The van der Waals surface area contributed by atoms with Gasteiger partial charge in [-0.05, 0) is 13.0 Å². The van der Waals surface area contributed by atoms with Crippen LogP contribution in [-0.2, 0) is 4.79 Å². The van der Waals surface area contributed by atoms with Crippen molar-refractivity contribution in [2.75, 3.05) is 19.6 Å². The molecule has 1 saturated heterocycles. The maximum absolute atomic E-state index is 11.7. The SMILES string of the molecule is Cl.O=C(NCCC(F)(F)F)C1CCNC1. The molecule has 90 valence electrons. The molecule has 0 aromatic rings. The highest BCUT2D eigenvalue weighted by atomic mass is 35.5. The van der Waals surface area contributed by atoms with Gasteiger partial charge in [-0.3, -0.25) is 4.79 Å². The topological polar surface area (TPSA) is 41.1 Å². The second kappa shape index (κ2) is 6.17. The van der Waals surface area contributed by atoms with Gasteiger partial charge in [-0.15, -0.1) is 12.4 Å². The summed E-state index contributed by atoms with van der Waals surface area (Å²) in [5, 5.41) is 5.26. The summed E-state index contributed by atoms with van der Waals surface area (Å²) < 4.78 is 35.2. The van der Waals surface area contributed by atoms with Crippen LogP contribution >= 0.6 is 12.4 Å². The van der Waals surface area contributed by atoms with Crippen molar-refractivity contribution in [2.24, 2.45) is 5.92 Å². The molecule has 1 aliphatic heterocycles. The minimum atomic E-state index is -4.19. The van der Waals surface area contributed by atoms with E-state index in [9.17, 15) is 18.0 Å². The zero-order valence-corrected chi connectivity index (χ0v) is 8.88. The Bertz CT molecular complexity index is 205. The van der Waals surface area contributed by atoms with E-state index in [1.54, 1.807) is 0 Å². The molecule has 7 heteroatoms. The molecule has 1 atom stereocenters. The van der Waals surface area contributed by atoms with Crippen LogP contribution in [0.2, 0.25) is 0 Å². The minimum absolute atomic E-state index is 0. The Labute approximate surface area is 92.2 Å². The van der Waals surface area contributed by atoms with E-state index in [-0.39, 0.29) is 30.8 Å². The molecular formula is C8H14ClF3N2O. The van der Waals surface area contributed by atoms with E-state index in [1.807, 2.05) is 0 Å². The molecule has 2 N–H and O–H groups in total. The molecule has 0 aliphatic carbocycles. The number of nitrogens with one attached hydrogen (secondary N) is 2. The molecule has 1 heterocycles. The second-order valence-corrected chi connectivity index (χ2v) is 3.35. The summed E-state index contributed by atoms with van der Waals surface area (Å²) in [6.07, 6.45) is -4.45. The average Bonchev–Trinajstić information content (AvgIpc) is 2.53. The Kier molecular flexibility index (Phi) is 5.97. The maximum Gasteiger partial charge on any atom is 0.390 e. The Morgan fingerprint density at radius 2 is 2.13 bits per heavy atom. The molecule has 1 unspecified atom stereocenters. The molecular weight excluding hydrogens is 233 g/mol. The van der Waals surface area contributed by atoms with Crippen LogP contribution in [0.3, 0.4) is 0 Å². The van der Waals surface area contributed by atoms with Crippen LogP contribution < -0.4 is 10.6 Å². The lowest BCUT2D eigenvalue weighted by molar-refractivity contribution is -0.136. The van der Waals surface area contributed by atoms with Gasteiger partial charge < -0.3 is 10.6 Å². The van der Waals surface area contributed by atoms with Gasteiger partial charge in [0, 0.05) is 13.1 Å². The number of carbonyl (C=O) groups is 1. The van der Waals surface area contributed by atoms with Crippen molar-refractivity contribution in [1.82, 2.24) is 10.6 Å². The molecule has 0 aromatic carbocycles. The minimum Gasteiger partial charge on any atom is -0.355 e. The highest BCUT2D eigenvalue weighted by molar-refractivity contribution is 5.85. The quantitative estimate of drug-likeness (QED) is 0.783. The van der Waals surface area contributed by atoms with E-state index in [1.165, 1.54) is 0 Å². The summed E-state index contributed by atoms with van der Waals surface area (Å²) in [5.74, 6) is -0.442. The fourth-order valence-corrected chi connectivity index (χ4v) is 1.35. The number of alkyl halides is 3. The first kappa shape index (κ1) is 14.5. The van der Waals surface area contributed by atoms with Crippen molar-refractivity contribution < 1.29 is 18.0 Å². The van der Waals surface area contributed by atoms with Crippen LogP contribution in [0.4, 0.5) is 13.2 Å². The molecule has 0 spiro atoms. The first-order valence-corrected chi connectivity index (χ1v) is 4.54. The van der Waals surface area contributed by atoms with E-state index in [0.717, 1.165) is 6.54 Å². The zero-order valence-electron chi connectivity index (χ0n) is 8.06. The van der Waals surface area contributed by atoms with Crippen LogP contribution in [0.1, 0.15) is 12.8 Å². The molecule has 1 rings (SSSR count). The van der Waals surface area contributed by atoms with E-state index >= 15 is 0 Å². The van der Waals surface area contributed by atoms with E-state index in [0.29, 0.717) is 13.0 Å². The van der Waals surface area contributed by atoms with Crippen molar-refractivity contribution in [2.45, 2.75) is 19.0 Å². The Hall–Kier alpha value is -0.490. The lowest BCUT2D eigenvalue weighted by Crippen LogP contribution is -2.34. The van der Waals surface area contributed by atoms with Gasteiger partial charge in [0.1, 0.15) is 0 Å². The van der Waals surface area contributed by atoms with Crippen molar-refractivity contribution in [3.63, 3.8) is 0 Å². The van der Waals surface area contributed by atoms with Gasteiger partial charge in [-0.1, -0.05) is 0 Å². The number of hydrogen-bond acceptors (Lipinski definition) is 2. The maximum atomic E-state index is 11.7. The van der Waals surface area contributed by atoms with Gasteiger partial charge in [0.25, 0.3) is 0 Å². The van der Waals surface area contributed by atoms with E-state index in [2.05, 4.69) is 10.6 Å². The first-order valence-electron chi connectivity index (χ1n) is 4.54. The predicted octanol–water partition coefficient (Wildman–Crippen LogP) is 1.09. The van der Waals surface area contributed by atoms with Gasteiger partial charge >= 0.3 is 6.18 Å². The number of halogens is 4. The number of amides is 1. The van der Waals surface area contributed by atoms with Gasteiger partial charge in [-0.2, -0.15) is 13.2 Å².